The van der Waals surface area contributed by atoms with Crippen LogP contribution < -0.4 is 10.1 Å². The number of carbonyl (C=O) groups excluding carboxylic acids is 1. The summed E-state index contributed by atoms with van der Waals surface area (Å²) in [5, 5.41) is 12.0. The summed E-state index contributed by atoms with van der Waals surface area (Å²) >= 11 is 0. The van der Waals surface area contributed by atoms with Crippen molar-refractivity contribution in [2.45, 2.75) is 25.0 Å². The highest BCUT2D eigenvalue weighted by molar-refractivity contribution is 5.94. The van der Waals surface area contributed by atoms with Crippen LogP contribution in [0.3, 0.4) is 0 Å². The number of aliphatic hydroxyl groups excluding tert-OH is 1. The van der Waals surface area contributed by atoms with Gasteiger partial charge in [-0.25, -0.2) is 0 Å². The molecule has 2 N–H and O–H groups in total. The third-order valence-corrected chi connectivity index (χ3v) is 2.93. The van der Waals surface area contributed by atoms with Crippen LogP contribution in [0.25, 0.3) is 0 Å². The lowest BCUT2D eigenvalue weighted by Crippen LogP contribution is -2.46. The van der Waals surface area contributed by atoms with Crippen LogP contribution >= 0.6 is 0 Å². The third-order valence-electron chi connectivity index (χ3n) is 2.93. The van der Waals surface area contributed by atoms with Crippen molar-refractivity contribution >= 4 is 5.91 Å². The highest BCUT2D eigenvalue weighted by atomic mass is 16.5. The van der Waals surface area contributed by atoms with E-state index in [1.807, 2.05) is 0 Å². The van der Waals surface area contributed by atoms with Gasteiger partial charge in [-0.2, -0.15) is 0 Å². The largest absolute Gasteiger partial charge is 0.490 e. The Morgan fingerprint density at radius 3 is 2.67 bits per heavy atom. The first-order chi connectivity index (χ1) is 8.69. The lowest BCUT2D eigenvalue weighted by Gasteiger charge is -2.31. The molecule has 2 rings (SSSR count). The molecule has 1 aromatic carbocycles. The zero-order valence-corrected chi connectivity index (χ0v) is 10.1. The molecule has 1 saturated carbocycles. The maximum absolute atomic E-state index is 11.8. The van der Waals surface area contributed by atoms with E-state index in [0.29, 0.717) is 30.8 Å². The topological polar surface area (TPSA) is 58.6 Å². The Morgan fingerprint density at radius 1 is 1.44 bits per heavy atom. The van der Waals surface area contributed by atoms with E-state index in [1.165, 1.54) is 0 Å². The number of benzene rings is 1. The minimum Gasteiger partial charge on any atom is -0.490 e. The van der Waals surface area contributed by atoms with E-state index >= 15 is 0 Å². The van der Waals surface area contributed by atoms with Crippen molar-refractivity contribution in [2.24, 2.45) is 0 Å². The summed E-state index contributed by atoms with van der Waals surface area (Å²) in [6.45, 7) is 4.02. The number of aliphatic hydroxyl groups is 1. The number of hydrogen-bond acceptors (Lipinski definition) is 3. The fourth-order valence-electron chi connectivity index (χ4n) is 1.83. The molecule has 1 aliphatic carbocycles. The highest BCUT2D eigenvalue weighted by Gasteiger charge is 2.28. The lowest BCUT2D eigenvalue weighted by atomic mass is 9.89. The molecular weight excluding hydrogens is 230 g/mol. The first-order valence-electron chi connectivity index (χ1n) is 6.01. The van der Waals surface area contributed by atoms with Crippen LogP contribution in [0.4, 0.5) is 0 Å². The number of carbonyl (C=O) groups is 1. The number of nitrogens with one attached hydrogen (secondary N) is 1. The molecule has 0 saturated heterocycles. The average Bonchev–Trinajstić information content (AvgIpc) is 2.35. The van der Waals surface area contributed by atoms with Crippen LogP contribution in [0.5, 0.6) is 5.75 Å². The molecule has 0 spiro atoms. The minimum absolute atomic E-state index is 0.101. The molecule has 1 fully saturated rings. The number of amides is 1. The molecule has 0 atom stereocenters. The molecule has 1 aliphatic rings. The van der Waals surface area contributed by atoms with E-state index in [4.69, 9.17) is 9.84 Å². The molecular formula is C14H17NO3. The second kappa shape index (κ2) is 5.69. The SMILES string of the molecule is C=CCOc1ccc(C(=O)NC2CC(O)C2)cc1. The predicted octanol–water partition coefficient (Wildman–Crippen LogP) is 1.50. The summed E-state index contributed by atoms with van der Waals surface area (Å²) in [6.07, 6.45) is 2.70. The normalized spacial score (nSPS) is 21.8. The molecule has 18 heavy (non-hydrogen) atoms. The van der Waals surface area contributed by atoms with Gasteiger partial charge in [0.25, 0.3) is 5.91 Å². The summed E-state index contributed by atoms with van der Waals surface area (Å²) in [4.78, 5) is 11.8. The minimum atomic E-state index is -0.259. The Hall–Kier alpha value is -1.81. The summed E-state index contributed by atoms with van der Waals surface area (Å²) in [6, 6.07) is 7.07. The van der Waals surface area contributed by atoms with Crippen molar-refractivity contribution in [3.63, 3.8) is 0 Å². The van der Waals surface area contributed by atoms with Gasteiger partial charge in [-0.15, -0.1) is 0 Å². The molecule has 0 radical (unpaired) electrons. The first-order valence-corrected chi connectivity index (χ1v) is 6.01. The van der Waals surface area contributed by atoms with Gasteiger partial charge in [-0.1, -0.05) is 12.7 Å². The van der Waals surface area contributed by atoms with Gasteiger partial charge in [0.15, 0.2) is 0 Å². The fraction of sp³-hybridized carbons (Fsp3) is 0.357. The van der Waals surface area contributed by atoms with Crippen molar-refractivity contribution in [1.82, 2.24) is 5.32 Å². The second-order valence-corrected chi connectivity index (χ2v) is 4.42. The zero-order chi connectivity index (χ0) is 13.0. The van der Waals surface area contributed by atoms with Gasteiger partial charge < -0.3 is 15.2 Å². The van der Waals surface area contributed by atoms with Gasteiger partial charge in [-0.05, 0) is 37.1 Å². The molecule has 1 amide bonds. The monoisotopic (exact) mass is 247 g/mol. The van der Waals surface area contributed by atoms with Gasteiger partial charge in [0.05, 0.1) is 6.10 Å². The van der Waals surface area contributed by atoms with Gasteiger partial charge in [0.1, 0.15) is 12.4 Å². The van der Waals surface area contributed by atoms with Crippen molar-refractivity contribution in [3.05, 3.63) is 42.5 Å². The van der Waals surface area contributed by atoms with E-state index in [9.17, 15) is 4.79 Å². The zero-order valence-electron chi connectivity index (χ0n) is 10.1. The van der Waals surface area contributed by atoms with Crippen LogP contribution in [0.2, 0.25) is 0 Å². The first kappa shape index (κ1) is 12.6. The number of ether oxygens (including phenoxy) is 1. The Balaban J connectivity index is 1.88. The molecule has 0 aromatic heterocycles. The Bertz CT molecular complexity index is 421. The summed E-state index contributed by atoms with van der Waals surface area (Å²) in [5.41, 5.74) is 0.599. The third kappa shape index (κ3) is 3.11. The maximum Gasteiger partial charge on any atom is 0.251 e. The molecule has 4 nitrogen and oxygen atoms in total. The van der Waals surface area contributed by atoms with E-state index in [0.717, 1.165) is 0 Å². The van der Waals surface area contributed by atoms with Gasteiger partial charge in [0, 0.05) is 11.6 Å². The van der Waals surface area contributed by atoms with Gasteiger partial charge >= 0.3 is 0 Å². The standard InChI is InChI=1S/C14H17NO3/c1-2-7-18-13-5-3-10(4-6-13)14(17)15-11-8-12(16)9-11/h2-6,11-12,16H,1,7-9H2,(H,15,17). The quantitative estimate of drug-likeness (QED) is 0.775. The maximum atomic E-state index is 11.8. The Labute approximate surface area is 106 Å². The molecule has 1 aromatic rings. The van der Waals surface area contributed by atoms with Crippen molar-refractivity contribution < 1.29 is 14.6 Å². The van der Waals surface area contributed by atoms with Crippen molar-refractivity contribution in [2.75, 3.05) is 6.61 Å². The van der Waals surface area contributed by atoms with Crippen LogP contribution in [-0.4, -0.2) is 29.8 Å². The molecule has 4 heteroatoms. The van der Waals surface area contributed by atoms with Crippen molar-refractivity contribution in [3.8, 4) is 5.75 Å². The predicted molar refractivity (Wildman–Crippen MR) is 68.6 cm³/mol. The van der Waals surface area contributed by atoms with E-state index < -0.39 is 0 Å². The van der Waals surface area contributed by atoms with Crippen LogP contribution in [-0.2, 0) is 0 Å². The van der Waals surface area contributed by atoms with Gasteiger partial charge in [0.2, 0.25) is 0 Å². The van der Waals surface area contributed by atoms with Crippen LogP contribution in [0, 0.1) is 0 Å². The molecule has 0 aliphatic heterocycles. The average molecular weight is 247 g/mol. The van der Waals surface area contributed by atoms with Crippen LogP contribution in [0.15, 0.2) is 36.9 Å². The van der Waals surface area contributed by atoms with E-state index in [2.05, 4.69) is 11.9 Å². The van der Waals surface area contributed by atoms with Gasteiger partial charge in [-0.3, -0.25) is 4.79 Å². The Kier molecular flexibility index (Phi) is 3.99. The molecule has 0 unspecified atom stereocenters. The summed E-state index contributed by atoms with van der Waals surface area (Å²) < 4.78 is 5.33. The van der Waals surface area contributed by atoms with E-state index in [-0.39, 0.29) is 18.1 Å². The van der Waals surface area contributed by atoms with E-state index in [1.54, 1.807) is 30.3 Å². The number of hydrogen-bond donors (Lipinski definition) is 2. The lowest BCUT2D eigenvalue weighted by molar-refractivity contribution is 0.0562. The smallest absolute Gasteiger partial charge is 0.251 e. The van der Waals surface area contributed by atoms with Crippen molar-refractivity contribution in [1.29, 1.82) is 0 Å². The summed E-state index contributed by atoms with van der Waals surface area (Å²) in [7, 11) is 0. The summed E-state index contributed by atoms with van der Waals surface area (Å²) in [5.74, 6) is 0.604. The second-order valence-electron chi connectivity index (χ2n) is 4.42. The molecule has 0 heterocycles. The highest BCUT2D eigenvalue weighted by Crippen LogP contribution is 2.20. The Morgan fingerprint density at radius 2 is 2.11 bits per heavy atom. The van der Waals surface area contributed by atoms with Crippen LogP contribution in [0.1, 0.15) is 23.2 Å². The molecule has 96 valence electrons. The fourth-order valence-corrected chi connectivity index (χ4v) is 1.83. The molecule has 0 bridgehead atoms. The number of rotatable bonds is 5.